The molecular weight excluding hydrogens is 472 g/mol. The number of aromatic carboxylic acids is 1. The van der Waals surface area contributed by atoms with Crippen LogP contribution in [0, 0.1) is 0 Å². The number of carboxylic acid groups (broad SMARTS) is 1. The lowest BCUT2D eigenvalue weighted by Crippen LogP contribution is -2.29. The number of rotatable bonds is 6. The summed E-state index contributed by atoms with van der Waals surface area (Å²) in [4.78, 5) is 22.1. The molecule has 4 heterocycles. The molecule has 0 bridgehead atoms. The number of nitrogens with one attached hydrogen (secondary N) is 1. The molecule has 2 N–H and O–H groups in total. The van der Waals surface area contributed by atoms with Gasteiger partial charge in [0, 0.05) is 30.7 Å². The Labute approximate surface area is 206 Å². The van der Waals surface area contributed by atoms with Gasteiger partial charge >= 0.3 is 5.97 Å². The van der Waals surface area contributed by atoms with Gasteiger partial charge in [-0.05, 0) is 72.4 Å². The quantitative estimate of drug-likeness (QED) is 0.353. The fourth-order valence-corrected chi connectivity index (χ4v) is 4.59. The van der Waals surface area contributed by atoms with Gasteiger partial charge in [0.25, 0.3) is 0 Å². The Bertz CT molecular complexity index is 1350. The lowest BCUT2D eigenvalue weighted by Gasteiger charge is -2.26. The molecule has 9 heteroatoms. The van der Waals surface area contributed by atoms with E-state index in [2.05, 4.69) is 20.2 Å². The molecule has 1 aliphatic heterocycles. The van der Waals surface area contributed by atoms with Crippen molar-refractivity contribution in [2.24, 2.45) is 0 Å². The van der Waals surface area contributed by atoms with Crippen LogP contribution >= 0.6 is 23.8 Å². The Hall–Kier alpha value is -3.75. The topological polar surface area (TPSA) is 91.5 Å². The largest absolute Gasteiger partial charge is 0.478 e. The molecule has 0 aliphatic carbocycles. The summed E-state index contributed by atoms with van der Waals surface area (Å²) in [6.45, 7) is 0.549. The molecule has 3 aromatic heterocycles. The molecular formula is C25H19ClN4O3S. The molecule has 1 aromatic carbocycles. The van der Waals surface area contributed by atoms with Crippen LogP contribution in [-0.4, -0.2) is 31.1 Å². The van der Waals surface area contributed by atoms with Gasteiger partial charge in [-0.2, -0.15) is 0 Å². The molecule has 0 amide bonds. The van der Waals surface area contributed by atoms with Crippen molar-refractivity contribution in [1.82, 2.24) is 20.2 Å². The van der Waals surface area contributed by atoms with Crippen molar-refractivity contribution in [2.75, 3.05) is 0 Å². The van der Waals surface area contributed by atoms with Gasteiger partial charge in [0.05, 0.1) is 22.3 Å². The average Bonchev–Trinajstić information content (AvgIpc) is 3.45. The number of nitrogens with zero attached hydrogens (tertiary/aromatic N) is 3. The van der Waals surface area contributed by atoms with Gasteiger partial charge in [0.1, 0.15) is 17.6 Å². The summed E-state index contributed by atoms with van der Waals surface area (Å²) in [5, 5.41) is 13.8. The lowest BCUT2D eigenvalue weighted by molar-refractivity contribution is 0.0697. The molecule has 0 unspecified atom stereocenters. The normalized spacial score (nSPS) is 17.6. The van der Waals surface area contributed by atoms with Crippen LogP contribution in [0.25, 0.3) is 11.3 Å². The zero-order valence-electron chi connectivity index (χ0n) is 17.8. The average molecular weight is 491 g/mol. The number of aromatic nitrogens is 2. The second kappa shape index (κ2) is 9.24. The van der Waals surface area contributed by atoms with Gasteiger partial charge in [0.15, 0.2) is 5.11 Å². The molecule has 5 rings (SSSR count). The Balaban J connectivity index is 1.56. The van der Waals surface area contributed by atoms with Crippen LogP contribution < -0.4 is 5.32 Å². The maximum absolute atomic E-state index is 11.4. The summed E-state index contributed by atoms with van der Waals surface area (Å²) in [7, 11) is 0. The van der Waals surface area contributed by atoms with Crippen LogP contribution in [-0.2, 0) is 6.54 Å². The van der Waals surface area contributed by atoms with E-state index in [4.69, 9.17) is 28.2 Å². The standard InChI is InChI=1S/C25H19ClN4O3S/c26-18-5-4-16(24(31)32)13-17(18)20-6-7-21(33-20)23-22(19-3-1-2-10-28-19)29-25(34)30(23)14-15-8-11-27-12-9-15/h1-13,22-23H,14H2,(H,29,34)(H,31,32)/t22-,23+/m0/s1. The Morgan fingerprint density at radius 3 is 2.68 bits per heavy atom. The molecule has 34 heavy (non-hydrogen) atoms. The smallest absolute Gasteiger partial charge is 0.335 e. The number of carboxylic acids is 1. The van der Waals surface area contributed by atoms with E-state index in [1.807, 2.05) is 36.4 Å². The van der Waals surface area contributed by atoms with Crippen molar-refractivity contribution in [1.29, 1.82) is 0 Å². The van der Waals surface area contributed by atoms with Crippen molar-refractivity contribution in [2.45, 2.75) is 18.6 Å². The SMILES string of the molecule is O=C(O)c1ccc(Cl)c(-c2ccc([C@@H]3[C@H](c4ccccn4)NC(=S)N3Cc3ccncc3)o2)c1. The van der Waals surface area contributed by atoms with E-state index in [-0.39, 0.29) is 17.6 Å². The number of hydrogen-bond donors (Lipinski definition) is 2. The minimum Gasteiger partial charge on any atom is -0.478 e. The highest BCUT2D eigenvalue weighted by molar-refractivity contribution is 7.80. The van der Waals surface area contributed by atoms with Crippen LogP contribution in [0.2, 0.25) is 5.02 Å². The number of pyridine rings is 2. The number of furan rings is 1. The molecule has 1 fully saturated rings. The summed E-state index contributed by atoms with van der Waals surface area (Å²) < 4.78 is 6.28. The predicted molar refractivity (Wildman–Crippen MR) is 131 cm³/mol. The van der Waals surface area contributed by atoms with Crippen LogP contribution in [0.15, 0.2) is 83.7 Å². The minimum absolute atomic E-state index is 0.131. The van der Waals surface area contributed by atoms with Crippen LogP contribution in [0.5, 0.6) is 0 Å². The maximum Gasteiger partial charge on any atom is 0.335 e. The fraction of sp³-hybridized carbons (Fsp3) is 0.120. The minimum atomic E-state index is -1.03. The summed E-state index contributed by atoms with van der Waals surface area (Å²) in [6.07, 6.45) is 5.23. The van der Waals surface area contributed by atoms with Crippen LogP contribution in [0.4, 0.5) is 0 Å². The highest BCUT2D eigenvalue weighted by atomic mass is 35.5. The molecule has 2 atom stereocenters. The van der Waals surface area contributed by atoms with Crippen LogP contribution in [0.1, 0.15) is 39.5 Å². The molecule has 1 aliphatic rings. The van der Waals surface area contributed by atoms with Gasteiger partial charge in [-0.1, -0.05) is 17.7 Å². The van der Waals surface area contributed by atoms with Gasteiger partial charge in [0.2, 0.25) is 0 Å². The number of benzene rings is 1. The van der Waals surface area contributed by atoms with E-state index in [0.717, 1.165) is 11.3 Å². The zero-order valence-corrected chi connectivity index (χ0v) is 19.3. The molecule has 4 aromatic rings. The predicted octanol–water partition coefficient (Wildman–Crippen LogP) is 5.26. The summed E-state index contributed by atoms with van der Waals surface area (Å²) in [5.41, 5.74) is 2.52. The second-order valence-electron chi connectivity index (χ2n) is 7.81. The van der Waals surface area contributed by atoms with Gasteiger partial charge in [-0.25, -0.2) is 4.79 Å². The summed E-state index contributed by atoms with van der Waals surface area (Å²) in [5.74, 6) is 0.0992. The highest BCUT2D eigenvalue weighted by Crippen LogP contribution is 2.42. The zero-order chi connectivity index (χ0) is 23.7. The summed E-state index contributed by atoms with van der Waals surface area (Å²) in [6, 6.07) is 17.3. The maximum atomic E-state index is 11.4. The van der Waals surface area contributed by atoms with Crippen molar-refractivity contribution < 1.29 is 14.3 Å². The third-order valence-corrected chi connectivity index (χ3v) is 6.38. The molecule has 0 saturated carbocycles. The van der Waals surface area contributed by atoms with Crippen molar-refractivity contribution in [3.63, 3.8) is 0 Å². The third kappa shape index (κ3) is 4.25. The van der Waals surface area contributed by atoms with E-state index < -0.39 is 5.97 Å². The number of hydrogen-bond acceptors (Lipinski definition) is 5. The molecule has 170 valence electrons. The first-order valence-corrected chi connectivity index (χ1v) is 11.3. The monoisotopic (exact) mass is 490 g/mol. The van der Waals surface area contributed by atoms with E-state index in [1.165, 1.54) is 12.1 Å². The second-order valence-corrected chi connectivity index (χ2v) is 8.61. The molecule has 1 saturated heterocycles. The molecule has 0 spiro atoms. The lowest BCUT2D eigenvalue weighted by atomic mass is 10.0. The Kier molecular flexibility index (Phi) is 6.00. The summed E-state index contributed by atoms with van der Waals surface area (Å²) >= 11 is 12.1. The molecule has 7 nitrogen and oxygen atoms in total. The van der Waals surface area contributed by atoms with E-state index >= 15 is 0 Å². The van der Waals surface area contributed by atoms with Crippen molar-refractivity contribution in [3.05, 3.63) is 107 Å². The Morgan fingerprint density at radius 1 is 1.12 bits per heavy atom. The van der Waals surface area contributed by atoms with Gasteiger partial charge in [-0.3, -0.25) is 9.97 Å². The van der Waals surface area contributed by atoms with Gasteiger partial charge in [-0.15, -0.1) is 0 Å². The number of carbonyl (C=O) groups is 1. The van der Waals surface area contributed by atoms with E-state index in [9.17, 15) is 9.90 Å². The highest BCUT2D eigenvalue weighted by Gasteiger charge is 2.41. The third-order valence-electron chi connectivity index (χ3n) is 5.70. The Morgan fingerprint density at radius 2 is 1.94 bits per heavy atom. The molecule has 0 radical (unpaired) electrons. The van der Waals surface area contributed by atoms with Gasteiger partial charge < -0.3 is 19.7 Å². The van der Waals surface area contributed by atoms with Crippen molar-refractivity contribution in [3.8, 4) is 11.3 Å². The van der Waals surface area contributed by atoms with E-state index in [1.54, 1.807) is 30.7 Å². The fourth-order valence-electron chi connectivity index (χ4n) is 4.07. The number of thiocarbonyl (C=S) groups is 1. The first-order chi connectivity index (χ1) is 16.5. The first kappa shape index (κ1) is 22.1. The van der Waals surface area contributed by atoms with Crippen molar-refractivity contribution >= 4 is 34.9 Å². The number of halogens is 1. The van der Waals surface area contributed by atoms with Crippen LogP contribution in [0.3, 0.4) is 0 Å². The van der Waals surface area contributed by atoms with E-state index in [0.29, 0.717) is 33.8 Å². The first-order valence-electron chi connectivity index (χ1n) is 10.5.